The first-order chi connectivity index (χ1) is 15.3. The molecule has 8 unspecified atom stereocenters. The number of ether oxygens (including phenoxy) is 2. The Balaban J connectivity index is 1.75. The number of hydrogen-bond acceptors (Lipinski definition) is 8. The summed E-state index contributed by atoms with van der Waals surface area (Å²) >= 11 is 0. The molecule has 33 heavy (non-hydrogen) atoms. The third-order valence-corrected chi connectivity index (χ3v) is 8.83. The van der Waals surface area contributed by atoms with E-state index >= 15 is 0 Å². The van der Waals surface area contributed by atoms with Crippen LogP contribution < -0.4 is 0 Å². The Morgan fingerprint density at radius 3 is 2.52 bits per heavy atom. The highest BCUT2D eigenvalue weighted by Crippen LogP contribution is 2.67. The molecule has 8 atom stereocenters. The first-order valence-electron chi connectivity index (χ1n) is 11.5. The van der Waals surface area contributed by atoms with Crippen molar-refractivity contribution in [3.05, 3.63) is 23.8 Å². The van der Waals surface area contributed by atoms with Gasteiger partial charge in [0.05, 0.1) is 6.10 Å². The van der Waals surface area contributed by atoms with Gasteiger partial charge in [-0.05, 0) is 49.7 Å². The maximum atomic E-state index is 13.3. The molecule has 0 aromatic heterocycles. The summed E-state index contributed by atoms with van der Waals surface area (Å²) in [5, 5.41) is 23.3. The molecule has 0 heterocycles. The largest absolute Gasteiger partial charge is 0.459 e. The van der Waals surface area contributed by atoms with Crippen molar-refractivity contribution in [2.45, 2.75) is 71.2 Å². The van der Waals surface area contributed by atoms with Crippen molar-refractivity contribution in [3.8, 4) is 0 Å². The van der Waals surface area contributed by atoms with Crippen LogP contribution in [0.5, 0.6) is 0 Å². The average Bonchev–Trinajstić information content (AvgIpc) is 2.94. The highest BCUT2D eigenvalue weighted by atomic mass is 16.6. The Bertz CT molecular complexity index is 965. The molecule has 0 spiro atoms. The van der Waals surface area contributed by atoms with E-state index in [1.54, 1.807) is 19.1 Å². The van der Waals surface area contributed by atoms with Crippen LogP contribution in [0.3, 0.4) is 0 Å². The normalized spacial score (nSPS) is 43.6. The van der Waals surface area contributed by atoms with E-state index < -0.39 is 53.0 Å². The van der Waals surface area contributed by atoms with Crippen LogP contribution >= 0.6 is 0 Å². The summed E-state index contributed by atoms with van der Waals surface area (Å²) in [5.41, 5.74) is -2.69. The number of carbonyl (C=O) groups excluding carboxylic acids is 4. The van der Waals surface area contributed by atoms with E-state index in [4.69, 9.17) is 9.47 Å². The molecule has 4 aliphatic carbocycles. The molecule has 3 fully saturated rings. The monoisotopic (exact) mass is 460 g/mol. The fourth-order valence-corrected chi connectivity index (χ4v) is 7.42. The molecule has 0 bridgehead atoms. The van der Waals surface area contributed by atoms with Gasteiger partial charge < -0.3 is 19.7 Å². The van der Waals surface area contributed by atoms with Crippen LogP contribution in [0.2, 0.25) is 0 Å². The predicted molar refractivity (Wildman–Crippen MR) is 116 cm³/mol. The van der Waals surface area contributed by atoms with Gasteiger partial charge in [0.2, 0.25) is 5.78 Å². The second-order valence-corrected chi connectivity index (χ2v) is 10.5. The molecule has 8 nitrogen and oxygen atoms in total. The molecule has 2 N–H and O–H groups in total. The predicted octanol–water partition coefficient (Wildman–Crippen LogP) is 1.67. The minimum absolute atomic E-state index is 0.0581. The fraction of sp³-hybridized carbons (Fsp3) is 0.680. The zero-order valence-electron chi connectivity index (χ0n) is 19.5. The van der Waals surface area contributed by atoms with E-state index in [0.29, 0.717) is 12.8 Å². The van der Waals surface area contributed by atoms with Gasteiger partial charge >= 0.3 is 11.9 Å². The van der Waals surface area contributed by atoms with E-state index in [9.17, 15) is 29.4 Å². The second kappa shape index (κ2) is 7.87. The highest BCUT2D eigenvalue weighted by molar-refractivity contribution is 6.01. The van der Waals surface area contributed by atoms with Crippen molar-refractivity contribution >= 4 is 23.5 Å². The Morgan fingerprint density at radius 2 is 1.88 bits per heavy atom. The summed E-state index contributed by atoms with van der Waals surface area (Å²) in [6.07, 6.45) is 4.86. The summed E-state index contributed by atoms with van der Waals surface area (Å²) in [6.45, 7) is 5.56. The fourth-order valence-electron chi connectivity index (χ4n) is 7.42. The van der Waals surface area contributed by atoms with E-state index in [-0.39, 0.29) is 36.4 Å². The van der Waals surface area contributed by atoms with Gasteiger partial charge in [0.1, 0.15) is 6.10 Å². The molecule has 0 amide bonds. The number of aliphatic hydroxyl groups excluding tert-OH is 1. The standard InChI is InChI=1S/C25H32O8/c1-13(26)32-12-20(30)25(31)21(33-14(2)27)10-18-17-6-5-15-9-16(28)7-8-23(15,3)22(17)19(29)11-24(18,25)4/h7-9,17-19,21-22,29,31H,5-6,10-12H2,1-4H3. The number of aliphatic hydroxyl groups is 2. The van der Waals surface area contributed by atoms with Crippen LogP contribution in [0, 0.1) is 28.6 Å². The third kappa shape index (κ3) is 3.41. The topological polar surface area (TPSA) is 127 Å². The lowest BCUT2D eigenvalue weighted by Crippen LogP contribution is -2.64. The van der Waals surface area contributed by atoms with Crippen LogP contribution in [-0.4, -0.2) is 58.1 Å². The minimum Gasteiger partial charge on any atom is -0.459 e. The maximum Gasteiger partial charge on any atom is 0.303 e. The number of Topliss-reactive ketones (excluding diaryl/α,β-unsaturated/α-hetero) is 1. The molecule has 8 heteroatoms. The van der Waals surface area contributed by atoms with E-state index in [2.05, 4.69) is 0 Å². The third-order valence-electron chi connectivity index (χ3n) is 8.83. The zero-order valence-corrected chi connectivity index (χ0v) is 19.5. The first-order valence-corrected chi connectivity index (χ1v) is 11.5. The highest BCUT2D eigenvalue weighted by Gasteiger charge is 2.72. The van der Waals surface area contributed by atoms with Gasteiger partial charge in [0.25, 0.3) is 0 Å². The van der Waals surface area contributed by atoms with Gasteiger partial charge in [0.15, 0.2) is 18.0 Å². The molecule has 0 aliphatic heterocycles. The van der Waals surface area contributed by atoms with Crippen molar-refractivity contribution in [2.75, 3.05) is 6.61 Å². The molecule has 3 saturated carbocycles. The van der Waals surface area contributed by atoms with Gasteiger partial charge in [0, 0.05) is 30.6 Å². The lowest BCUT2D eigenvalue weighted by molar-refractivity contribution is -0.198. The lowest BCUT2D eigenvalue weighted by atomic mass is 9.46. The minimum atomic E-state index is -2.10. The van der Waals surface area contributed by atoms with Crippen molar-refractivity contribution in [2.24, 2.45) is 28.6 Å². The summed E-state index contributed by atoms with van der Waals surface area (Å²) in [5.74, 6) is -2.55. The number of ketones is 2. The van der Waals surface area contributed by atoms with Crippen LogP contribution in [0.15, 0.2) is 23.8 Å². The number of hydrogen-bond donors (Lipinski definition) is 2. The molecule has 4 rings (SSSR count). The Kier molecular flexibility index (Phi) is 5.69. The Labute approximate surface area is 193 Å². The maximum absolute atomic E-state index is 13.3. The lowest BCUT2D eigenvalue weighted by Gasteiger charge is -2.59. The number of esters is 2. The first kappa shape index (κ1) is 23.8. The Hall–Kier alpha value is -2.32. The number of fused-ring (bicyclic) bond motifs is 5. The van der Waals surface area contributed by atoms with Crippen LogP contribution in [0.4, 0.5) is 0 Å². The Morgan fingerprint density at radius 1 is 1.18 bits per heavy atom. The second-order valence-electron chi connectivity index (χ2n) is 10.5. The quantitative estimate of drug-likeness (QED) is 0.607. The molecule has 180 valence electrons. The van der Waals surface area contributed by atoms with Gasteiger partial charge in [-0.2, -0.15) is 0 Å². The molecule has 4 aliphatic rings. The van der Waals surface area contributed by atoms with Crippen LogP contribution in [0.1, 0.15) is 53.4 Å². The van der Waals surface area contributed by atoms with Gasteiger partial charge in [-0.3, -0.25) is 19.2 Å². The van der Waals surface area contributed by atoms with Crippen LogP contribution in [-0.2, 0) is 28.7 Å². The van der Waals surface area contributed by atoms with Gasteiger partial charge in [-0.25, -0.2) is 0 Å². The zero-order chi connectivity index (χ0) is 24.3. The number of carbonyl (C=O) groups is 4. The molecule has 0 saturated heterocycles. The molecule has 0 radical (unpaired) electrons. The van der Waals surface area contributed by atoms with Crippen molar-refractivity contribution in [3.63, 3.8) is 0 Å². The molecular weight excluding hydrogens is 428 g/mol. The van der Waals surface area contributed by atoms with Crippen molar-refractivity contribution in [1.82, 2.24) is 0 Å². The van der Waals surface area contributed by atoms with E-state index in [1.807, 2.05) is 13.0 Å². The molecular formula is C25H32O8. The van der Waals surface area contributed by atoms with E-state index in [1.165, 1.54) is 13.8 Å². The smallest absolute Gasteiger partial charge is 0.303 e. The summed E-state index contributed by atoms with van der Waals surface area (Å²) in [6, 6.07) is 0. The molecule has 0 aromatic rings. The number of allylic oxidation sites excluding steroid dienone is 4. The van der Waals surface area contributed by atoms with Gasteiger partial charge in [-0.15, -0.1) is 0 Å². The van der Waals surface area contributed by atoms with Gasteiger partial charge in [-0.1, -0.05) is 25.5 Å². The van der Waals surface area contributed by atoms with Crippen molar-refractivity contribution < 1.29 is 38.9 Å². The average molecular weight is 461 g/mol. The summed E-state index contributed by atoms with van der Waals surface area (Å²) in [4.78, 5) is 48.4. The molecule has 0 aromatic carbocycles. The van der Waals surface area contributed by atoms with Crippen molar-refractivity contribution in [1.29, 1.82) is 0 Å². The van der Waals surface area contributed by atoms with Crippen LogP contribution in [0.25, 0.3) is 0 Å². The number of rotatable bonds is 4. The summed E-state index contributed by atoms with van der Waals surface area (Å²) in [7, 11) is 0. The van der Waals surface area contributed by atoms with E-state index in [0.717, 1.165) is 5.57 Å². The summed E-state index contributed by atoms with van der Waals surface area (Å²) < 4.78 is 10.4. The SMILES string of the molecule is CC(=O)OCC(=O)C1(O)C(OC(C)=O)CC2C3CCC4=CC(=O)C=CC4(C)C3C(O)CC21C.